The molecule has 1 rings (SSSR count). The number of para-hydroxylation sites is 1. The van der Waals surface area contributed by atoms with Gasteiger partial charge in [-0.3, -0.25) is 4.79 Å². The third-order valence-corrected chi connectivity index (χ3v) is 5.06. The van der Waals surface area contributed by atoms with Crippen molar-refractivity contribution in [1.82, 2.24) is 0 Å². The minimum absolute atomic E-state index is 0.410. The Morgan fingerprint density at radius 3 is 2.33 bits per heavy atom. The van der Waals surface area contributed by atoms with E-state index < -0.39 is 20.5 Å². The fraction of sp³-hybridized carbons (Fsp3) is 0.417. The third-order valence-electron chi connectivity index (χ3n) is 3.02. The van der Waals surface area contributed by atoms with Crippen LogP contribution in [0.15, 0.2) is 18.2 Å². The van der Waals surface area contributed by atoms with E-state index in [9.17, 15) is 13.2 Å². The van der Waals surface area contributed by atoms with E-state index in [-0.39, 0.29) is 0 Å². The Morgan fingerprint density at radius 1 is 1.33 bits per heavy atom. The number of carbonyl (C=O) groups is 1. The van der Waals surface area contributed by atoms with Crippen LogP contribution in [0.4, 0.5) is 11.4 Å². The van der Waals surface area contributed by atoms with Crippen LogP contribution < -0.4 is 11.1 Å². The first-order valence-electron chi connectivity index (χ1n) is 5.43. The van der Waals surface area contributed by atoms with Gasteiger partial charge in [0.1, 0.15) is 4.75 Å². The predicted octanol–water partition coefficient (Wildman–Crippen LogP) is 1.34. The number of nitrogens with one attached hydrogen (secondary N) is 1. The maximum atomic E-state index is 12.0. The molecule has 0 unspecified atom stereocenters. The monoisotopic (exact) mass is 270 g/mol. The average molecular weight is 270 g/mol. The number of sulfone groups is 1. The number of nitrogen functional groups attached to an aromatic ring is 1. The molecular weight excluding hydrogens is 252 g/mol. The van der Waals surface area contributed by atoms with E-state index in [0.717, 1.165) is 11.8 Å². The normalized spacial score (nSPS) is 12.2. The molecule has 100 valence electrons. The van der Waals surface area contributed by atoms with Crippen LogP contribution in [-0.2, 0) is 14.6 Å². The summed E-state index contributed by atoms with van der Waals surface area (Å²) in [5.74, 6) is -0.592. The SMILES string of the molecule is Cc1cccc(N)c1NC(=O)C(C)(C)S(C)(=O)=O. The summed E-state index contributed by atoms with van der Waals surface area (Å²) >= 11 is 0. The topological polar surface area (TPSA) is 89.3 Å². The Morgan fingerprint density at radius 2 is 1.89 bits per heavy atom. The van der Waals surface area contributed by atoms with Gasteiger partial charge in [0.05, 0.1) is 11.4 Å². The Labute approximate surface area is 107 Å². The van der Waals surface area contributed by atoms with Crippen LogP contribution in [0.1, 0.15) is 19.4 Å². The molecule has 1 amide bonds. The molecule has 0 bridgehead atoms. The summed E-state index contributed by atoms with van der Waals surface area (Å²) in [6.45, 7) is 4.53. The van der Waals surface area contributed by atoms with Gasteiger partial charge in [0.2, 0.25) is 5.91 Å². The molecule has 6 heteroatoms. The van der Waals surface area contributed by atoms with E-state index in [1.807, 2.05) is 0 Å². The zero-order valence-corrected chi connectivity index (χ0v) is 11.8. The number of hydrogen-bond acceptors (Lipinski definition) is 4. The Bertz CT molecular complexity index is 557. The number of carbonyl (C=O) groups excluding carboxylic acids is 1. The smallest absolute Gasteiger partial charge is 0.245 e. The number of benzene rings is 1. The highest BCUT2D eigenvalue weighted by atomic mass is 32.2. The molecule has 0 aliphatic carbocycles. The van der Waals surface area contributed by atoms with E-state index in [0.29, 0.717) is 11.4 Å². The van der Waals surface area contributed by atoms with Crippen LogP contribution in [0.25, 0.3) is 0 Å². The quantitative estimate of drug-likeness (QED) is 0.811. The van der Waals surface area contributed by atoms with Crippen molar-refractivity contribution in [1.29, 1.82) is 0 Å². The summed E-state index contributed by atoms with van der Waals surface area (Å²) in [6, 6.07) is 5.21. The second-order valence-electron chi connectivity index (χ2n) is 4.78. The van der Waals surface area contributed by atoms with E-state index in [4.69, 9.17) is 5.73 Å². The van der Waals surface area contributed by atoms with Gasteiger partial charge in [-0.1, -0.05) is 12.1 Å². The lowest BCUT2D eigenvalue weighted by Crippen LogP contribution is -2.44. The van der Waals surface area contributed by atoms with Gasteiger partial charge < -0.3 is 11.1 Å². The van der Waals surface area contributed by atoms with Gasteiger partial charge >= 0.3 is 0 Å². The van der Waals surface area contributed by atoms with Gasteiger partial charge in [0.15, 0.2) is 9.84 Å². The maximum Gasteiger partial charge on any atom is 0.245 e. The van der Waals surface area contributed by atoms with Crippen molar-refractivity contribution in [2.75, 3.05) is 17.3 Å². The molecule has 3 N–H and O–H groups in total. The highest BCUT2D eigenvalue weighted by Crippen LogP contribution is 2.25. The molecule has 0 atom stereocenters. The molecule has 0 fully saturated rings. The summed E-state index contributed by atoms with van der Waals surface area (Å²) in [4.78, 5) is 12.0. The zero-order valence-electron chi connectivity index (χ0n) is 10.9. The number of amides is 1. The van der Waals surface area contributed by atoms with Crippen molar-refractivity contribution in [3.8, 4) is 0 Å². The van der Waals surface area contributed by atoms with Gasteiger partial charge in [0, 0.05) is 6.26 Å². The van der Waals surface area contributed by atoms with Crippen molar-refractivity contribution in [3.63, 3.8) is 0 Å². The number of anilines is 2. The zero-order chi connectivity index (χ0) is 14.1. The largest absolute Gasteiger partial charge is 0.397 e. The summed E-state index contributed by atoms with van der Waals surface area (Å²) in [5, 5.41) is 2.58. The van der Waals surface area contributed by atoms with Crippen molar-refractivity contribution < 1.29 is 13.2 Å². The molecule has 1 aromatic carbocycles. The van der Waals surface area contributed by atoms with Gasteiger partial charge in [-0.25, -0.2) is 8.42 Å². The van der Waals surface area contributed by atoms with Crippen LogP contribution in [0.5, 0.6) is 0 Å². The molecule has 0 saturated heterocycles. The predicted molar refractivity (Wildman–Crippen MR) is 73.1 cm³/mol. The average Bonchev–Trinajstić information content (AvgIpc) is 2.21. The number of rotatable bonds is 3. The Kier molecular flexibility index (Phi) is 3.71. The number of aryl methyl sites for hydroxylation is 1. The fourth-order valence-corrected chi connectivity index (χ4v) is 1.68. The lowest BCUT2D eigenvalue weighted by Gasteiger charge is -2.22. The molecular formula is C12H18N2O3S. The van der Waals surface area contributed by atoms with Crippen LogP contribution in [-0.4, -0.2) is 25.3 Å². The molecule has 0 aliphatic heterocycles. The van der Waals surface area contributed by atoms with Crippen molar-refractivity contribution in [3.05, 3.63) is 23.8 Å². The Balaban J connectivity index is 3.10. The standard InChI is InChI=1S/C12H18N2O3S/c1-8-6-5-7-9(13)10(8)14-11(15)12(2,3)18(4,16)17/h5-7H,13H2,1-4H3,(H,14,15). The molecule has 1 aromatic rings. The van der Waals surface area contributed by atoms with Gasteiger partial charge in [-0.2, -0.15) is 0 Å². The van der Waals surface area contributed by atoms with Crippen LogP contribution >= 0.6 is 0 Å². The maximum absolute atomic E-state index is 12.0. The van der Waals surface area contributed by atoms with Gasteiger partial charge in [-0.15, -0.1) is 0 Å². The van der Waals surface area contributed by atoms with E-state index >= 15 is 0 Å². The third kappa shape index (κ3) is 2.64. The highest BCUT2D eigenvalue weighted by Gasteiger charge is 2.38. The first kappa shape index (κ1) is 14.5. The summed E-state index contributed by atoms with van der Waals surface area (Å²) in [6.07, 6.45) is 1.04. The summed E-state index contributed by atoms with van der Waals surface area (Å²) in [7, 11) is -3.50. The molecule has 0 aliphatic rings. The molecule has 18 heavy (non-hydrogen) atoms. The molecule has 0 radical (unpaired) electrons. The lowest BCUT2D eigenvalue weighted by atomic mass is 10.1. The van der Waals surface area contributed by atoms with Gasteiger partial charge in [-0.05, 0) is 32.4 Å². The lowest BCUT2D eigenvalue weighted by molar-refractivity contribution is -0.117. The highest BCUT2D eigenvalue weighted by molar-refractivity contribution is 7.92. The van der Waals surface area contributed by atoms with Crippen molar-refractivity contribution in [2.24, 2.45) is 0 Å². The second kappa shape index (κ2) is 4.61. The minimum atomic E-state index is -3.50. The van der Waals surface area contributed by atoms with Crippen molar-refractivity contribution >= 4 is 27.1 Å². The molecule has 0 spiro atoms. The van der Waals surface area contributed by atoms with Crippen LogP contribution in [0, 0.1) is 6.92 Å². The second-order valence-corrected chi connectivity index (χ2v) is 7.34. The molecule has 0 aromatic heterocycles. The minimum Gasteiger partial charge on any atom is -0.397 e. The van der Waals surface area contributed by atoms with Crippen LogP contribution in [0.3, 0.4) is 0 Å². The van der Waals surface area contributed by atoms with Crippen molar-refractivity contribution in [2.45, 2.75) is 25.5 Å². The molecule has 0 heterocycles. The number of nitrogens with two attached hydrogens (primary N) is 1. The van der Waals surface area contributed by atoms with Crippen LogP contribution in [0.2, 0.25) is 0 Å². The molecule has 0 saturated carbocycles. The van der Waals surface area contributed by atoms with E-state index in [1.165, 1.54) is 13.8 Å². The number of hydrogen-bond donors (Lipinski definition) is 2. The molecule has 5 nitrogen and oxygen atoms in total. The van der Waals surface area contributed by atoms with E-state index in [1.54, 1.807) is 25.1 Å². The Hall–Kier alpha value is -1.56. The van der Waals surface area contributed by atoms with Gasteiger partial charge in [0.25, 0.3) is 0 Å². The summed E-state index contributed by atoms with van der Waals surface area (Å²) < 4.78 is 21.6. The first-order chi connectivity index (χ1) is 8.07. The van der Waals surface area contributed by atoms with E-state index in [2.05, 4.69) is 5.32 Å². The fourth-order valence-electron chi connectivity index (χ4n) is 1.29. The first-order valence-corrected chi connectivity index (χ1v) is 7.32. The summed E-state index contributed by atoms with van der Waals surface area (Å²) in [5.41, 5.74) is 7.41.